The van der Waals surface area contributed by atoms with E-state index in [0.29, 0.717) is 68.0 Å². The molecule has 0 bridgehead atoms. The zero-order valence-corrected chi connectivity index (χ0v) is 38.9. The molecule has 2 aliphatic rings. The summed E-state index contributed by atoms with van der Waals surface area (Å²) in [5.41, 5.74) is 5.36. The molecule has 0 spiro atoms. The lowest BCUT2D eigenvalue weighted by molar-refractivity contribution is -0.135. The molecule has 4 N–H and O–H groups in total. The number of H-pyrrole nitrogens is 2. The number of alkyl carbamates (subject to hydrolysis) is 2. The standard InChI is InChI=1S/C47H58N8O10S/c1-28(2)40(52-46(58)62-5)44(56)54-16-7-9-36(54)42-48-25-34(50-42)29-11-13-32(38(23-29)64-20-18-60-3)33-14-12-30(24-39(33)65-21-19-61-4)35-26-49-43(51-35)37-10-8-17-55(37)45(57)41(53-47(59)63-6)31-15-22-66-27-31/h11-15,22-28,36-37,40-41H,7-10,16-21H2,1-6H3,(H,48,50)(H,49,51)(H,52,58)(H,53,59)/t36-,37-,40-,41+/m0/s1. The predicted molar refractivity (Wildman–Crippen MR) is 246 cm³/mol. The maximum atomic E-state index is 14.0. The van der Waals surface area contributed by atoms with Crippen LogP contribution in [0.1, 0.15) is 74.9 Å². The van der Waals surface area contributed by atoms with Gasteiger partial charge in [0, 0.05) is 49.6 Å². The molecule has 18 nitrogen and oxygen atoms in total. The van der Waals surface area contributed by atoms with Gasteiger partial charge in [0.2, 0.25) is 5.91 Å². The third kappa shape index (κ3) is 10.8. The molecule has 0 radical (unpaired) electrons. The number of amides is 4. The number of aromatic amines is 2. The Bertz CT molecular complexity index is 2440. The molecule has 0 saturated carbocycles. The van der Waals surface area contributed by atoms with Crippen molar-refractivity contribution in [3.63, 3.8) is 0 Å². The van der Waals surface area contributed by atoms with Crippen molar-refractivity contribution in [2.75, 3.05) is 68.0 Å². The first-order valence-electron chi connectivity index (χ1n) is 22.0. The minimum absolute atomic E-state index is 0.150. The lowest BCUT2D eigenvalue weighted by Gasteiger charge is -2.30. The largest absolute Gasteiger partial charge is 0.491 e. The van der Waals surface area contributed by atoms with Gasteiger partial charge >= 0.3 is 12.2 Å². The van der Waals surface area contributed by atoms with Crippen LogP contribution in [-0.2, 0) is 28.5 Å². The van der Waals surface area contributed by atoms with Crippen molar-refractivity contribution in [3.05, 3.63) is 82.8 Å². The maximum absolute atomic E-state index is 14.0. The minimum Gasteiger partial charge on any atom is -0.491 e. The second kappa shape index (κ2) is 22.2. The van der Waals surface area contributed by atoms with Gasteiger partial charge in [0.25, 0.3) is 5.91 Å². The van der Waals surface area contributed by atoms with Gasteiger partial charge in [0.15, 0.2) is 0 Å². The van der Waals surface area contributed by atoms with Gasteiger partial charge in [-0.1, -0.05) is 26.0 Å². The Hall–Kier alpha value is -6.44. The molecular formula is C47H58N8O10S. The first-order valence-corrected chi connectivity index (χ1v) is 22.9. The van der Waals surface area contributed by atoms with Crippen LogP contribution in [0.5, 0.6) is 11.5 Å². The van der Waals surface area contributed by atoms with Gasteiger partial charge in [-0.2, -0.15) is 11.3 Å². The quantitative estimate of drug-likeness (QED) is 0.0614. The Kier molecular flexibility index (Phi) is 16.0. The van der Waals surface area contributed by atoms with Crippen molar-refractivity contribution in [2.24, 2.45) is 5.92 Å². The monoisotopic (exact) mass is 926 g/mol. The number of carbonyl (C=O) groups is 4. The number of benzene rings is 2. The summed E-state index contributed by atoms with van der Waals surface area (Å²) in [7, 11) is 5.78. The van der Waals surface area contributed by atoms with Crippen LogP contribution in [0.2, 0.25) is 0 Å². The number of nitrogens with one attached hydrogen (secondary N) is 4. The molecule has 0 aliphatic carbocycles. The van der Waals surface area contributed by atoms with E-state index in [0.717, 1.165) is 52.9 Å². The number of carbonyl (C=O) groups excluding carboxylic acids is 4. The topological polar surface area (TPSA) is 212 Å². The Labute approximate surface area is 387 Å². The third-order valence-corrected chi connectivity index (χ3v) is 12.5. The number of aromatic nitrogens is 4. The number of ether oxygens (including phenoxy) is 6. The van der Waals surface area contributed by atoms with Crippen molar-refractivity contribution < 1.29 is 47.6 Å². The van der Waals surface area contributed by atoms with E-state index >= 15 is 0 Å². The fourth-order valence-corrected chi connectivity index (χ4v) is 9.10. The van der Waals surface area contributed by atoms with Crippen LogP contribution < -0.4 is 20.1 Å². The molecule has 352 valence electrons. The first kappa shape index (κ1) is 47.5. The van der Waals surface area contributed by atoms with Crippen LogP contribution in [-0.4, -0.2) is 128 Å². The van der Waals surface area contributed by atoms with Gasteiger partial charge in [0.05, 0.1) is 63.3 Å². The van der Waals surface area contributed by atoms with Crippen molar-refractivity contribution in [2.45, 2.75) is 63.7 Å². The Morgan fingerprint density at radius 2 is 1.23 bits per heavy atom. The maximum Gasteiger partial charge on any atom is 0.407 e. The molecular weight excluding hydrogens is 869 g/mol. The molecule has 5 aromatic rings. The van der Waals surface area contributed by atoms with Gasteiger partial charge in [-0.25, -0.2) is 19.6 Å². The van der Waals surface area contributed by atoms with Crippen molar-refractivity contribution >= 4 is 35.3 Å². The third-order valence-electron chi connectivity index (χ3n) is 11.8. The summed E-state index contributed by atoms with van der Waals surface area (Å²) in [5.74, 6) is 1.90. The van der Waals surface area contributed by atoms with Crippen LogP contribution in [0.25, 0.3) is 33.6 Å². The molecule has 2 saturated heterocycles. The lowest BCUT2D eigenvalue weighted by atomic mass is 9.98. The highest BCUT2D eigenvalue weighted by Gasteiger charge is 2.39. The molecule has 0 unspecified atom stereocenters. The van der Waals surface area contributed by atoms with E-state index in [1.165, 1.54) is 25.6 Å². The molecule has 66 heavy (non-hydrogen) atoms. The normalized spacial score (nSPS) is 16.8. The molecule has 7 rings (SSSR count). The fraction of sp³-hybridized carbons (Fsp3) is 0.447. The Morgan fingerprint density at radius 3 is 1.70 bits per heavy atom. The summed E-state index contributed by atoms with van der Waals surface area (Å²) in [5, 5.41) is 9.12. The zero-order valence-electron chi connectivity index (χ0n) is 38.1. The number of methoxy groups -OCH3 is 4. The number of thiophene rings is 1. The van der Waals surface area contributed by atoms with Crippen LogP contribution in [0.15, 0.2) is 65.6 Å². The number of rotatable bonds is 19. The van der Waals surface area contributed by atoms with Crippen molar-refractivity contribution in [1.29, 1.82) is 0 Å². The van der Waals surface area contributed by atoms with Gasteiger partial charge in [-0.3, -0.25) is 9.59 Å². The molecule has 19 heteroatoms. The molecule has 2 aliphatic heterocycles. The highest BCUT2D eigenvalue weighted by molar-refractivity contribution is 7.08. The number of imidazole rings is 2. The zero-order chi connectivity index (χ0) is 46.7. The molecule has 2 fully saturated rings. The van der Waals surface area contributed by atoms with E-state index in [4.69, 9.17) is 38.4 Å². The summed E-state index contributed by atoms with van der Waals surface area (Å²) in [4.78, 5) is 72.1. The average molecular weight is 927 g/mol. The average Bonchev–Trinajstić information content (AvgIpc) is 4.19. The van der Waals surface area contributed by atoms with E-state index in [1.54, 1.807) is 36.4 Å². The van der Waals surface area contributed by atoms with Crippen LogP contribution in [0.3, 0.4) is 0 Å². The van der Waals surface area contributed by atoms with Gasteiger partial charge in [-0.15, -0.1) is 0 Å². The van der Waals surface area contributed by atoms with Gasteiger partial charge < -0.3 is 58.8 Å². The summed E-state index contributed by atoms with van der Waals surface area (Å²) < 4.78 is 33.1. The lowest BCUT2D eigenvalue weighted by Crippen LogP contribution is -2.51. The highest BCUT2D eigenvalue weighted by atomic mass is 32.1. The second-order valence-electron chi connectivity index (χ2n) is 16.3. The molecule has 4 atom stereocenters. The highest BCUT2D eigenvalue weighted by Crippen LogP contribution is 2.42. The van der Waals surface area contributed by atoms with E-state index in [-0.39, 0.29) is 36.4 Å². The number of likely N-dealkylation sites (tertiary alicyclic amines) is 2. The van der Waals surface area contributed by atoms with Crippen LogP contribution in [0, 0.1) is 5.92 Å². The van der Waals surface area contributed by atoms with Gasteiger partial charge in [-0.05, 0) is 78.3 Å². The molecule has 2 aromatic carbocycles. The number of hydrogen-bond acceptors (Lipinski definition) is 13. The summed E-state index contributed by atoms with van der Waals surface area (Å²) in [6, 6.07) is 11.4. The number of hydrogen-bond donors (Lipinski definition) is 4. The van der Waals surface area contributed by atoms with Crippen LogP contribution in [0.4, 0.5) is 9.59 Å². The van der Waals surface area contributed by atoms with Crippen molar-refractivity contribution in [3.8, 4) is 45.1 Å². The molecule has 5 heterocycles. The fourth-order valence-electron chi connectivity index (χ4n) is 8.42. The Balaban J connectivity index is 1.15. The summed E-state index contributed by atoms with van der Waals surface area (Å²) in [6.07, 6.45) is 5.17. The van der Waals surface area contributed by atoms with E-state index in [1.807, 2.05) is 67.1 Å². The minimum atomic E-state index is -0.894. The first-order chi connectivity index (χ1) is 32.0. The van der Waals surface area contributed by atoms with Crippen molar-refractivity contribution in [1.82, 2.24) is 40.4 Å². The summed E-state index contributed by atoms with van der Waals surface area (Å²) in [6.45, 7) is 6.14. The number of nitrogens with zero attached hydrogens (tertiary/aromatic N) is 4. The van der Waals surface area contributed by atoms with Gasteiger partial charge in [0.1, 0.15) is 48.4 Å². The molecule has 3 aromatic heterocycles. The van der Waals surface area contributed by atoms with E-state index in [9.17, 15) is 19.2 Å². The SMILES string of the molecule is COCCOc1cc(-c2cnc([C@@H]3CCCN3C(=O)[C@@H](NC(=O)OC)C(C)C)[nH]2)ccc1-c1ccc(-c2cnc([C@@H]3CCCN3C(=O)[C@H](NC(=O)OC)c3ccsc3)[nH]2)cc1OCCOC. The van der Waals surface area contributed by atoms with E-state index < -0.39 is 24.3 Å². The van der Waals surface area contributed by atoms with Crippen LogP contribution >= 0.6 is 11.3 Å². The Morgan fingerprint density at radius 1 is 0.712 bits per heavy atom. The smallest absolute Gasteiger partial charge is 0.407 e. The predicted octanol–water partition coefficient (Wildman–Crippen LogP) is 7.05. The molecule has 4 amide bonds. The summed E-state index contributed by atoms with van der Waals surface area (Å²) >= 11 is 1.44. The second-order valence-corrected chi connectivity index (χ2v) is 17.1. The van der Waals surface area contributed by atoms with E-state index in [2.05, 4.69) is 20.6 Å².